The number of alkyl halides is 3. The van der Waals surface area contributed by atoms with E-state index >= 15 is 0 Å². The molecule has 2 aliphatic rings. The maximum Gasteiger partial charge on any atom is 0.573 e. The van der Waals surface area contributed by atoms with Gasteiger partial charge in [0, 0.05) is 37.1 Å². The van der Waals surface area contributed by atoms with Crippen LogP contribution >= 0.6 is 0 Å². The van der Waals surface area contributed by atoms with Gasteiger partial charge < -0.3 is 14.5 Å². The van der Waals surface area contributed by atoms with Crippen LogP contribution in [0, 0.1) is 19.8 Å². The van der Waals surface area contributed by atoms with Crippen molar-refractivity contribution in [2.24, 2.45) is 5.92 Å². The predicted molar refractivity (Wildman–Crippen MR) is 99.8 cm³/mol. The van der Waals surface area contributed by atoms with Gasteiger partial charge in [-0.2, -0.15) is 0 Å². The molecule has 2 saturated heterocycles. The van der Waals surface area contributed by atoms with Crippen LogP contribution in [0.15, 0.2) is 30.3 Å². The highest BCUT2D eigenvalue weighted by molar-refractivity contribution is 5.97. The van der Waals surface area contributed by atoms with Gasteiger partial charge in [0.15, 0.2) is 0 Å². The molecular formula is C20H21F3N4O2. The number of ether oxygens (including phenoxy) is 1. The highest BCUT2D eigenvalue weighted by atomic mass is 19.4. The molecule has 29 heavy (non-hydrogen) atoms. The van der Waals surface area contributed by atoms with E-state index in [1.165, 1.54) is 18.2 Å². The van der Waals surface area contributed by atoms with Crippen molar-refractivity contribution in [3.05, 3.63) is 47.3 Å². The number of anilines is 1. The average Bonchev–Trinajstić information content (AvgIpc) is 2.93. The molecule has 9 heteroatoms. The summed E-state index contributed by atoms with van der Waals surface area (Å²) in [5, 5.41) is 0. The Bertz CT molecular complexity index is 914. The SMILES string of the molecule is Cc1cc(C)nc(N2CC3CC2CN(C(=O)c2ccccc2OC(F)(F)F)C3)n1. The minimum absolute atomic E-state index is 0.0367. The summed E-state index contributed by atoms with van der Waals surface area (Å²) < 4.78 is 42.1. The lowest BCUT2D eigenvalue weighted by atomic mass is 9.99. The molecule has 2 atom stereocenters. The normalized spacial score (nSPS) is 21.4. The zero-order chi connectivity index (χ0) is 20.8. The maximum absolute atomic E-state index is 13.0. The van der Waals surface area contributed by atoms with E-state index in [1.54, 1.807) is 4.90 Å². The van der Waals surface area contributed by atoms with Crippen LogP contribution in [-0.2, 0) is 0 Å². The number of halogens is 3. The van der Waals surface area contributed by atoms with E-state index in [1.807, 2.05) is 19.9 Å². The number of carbonyl (C=O) groups is 1. The Balaban J connectivity index is 1.55. The van der Waals surface area contributed by atoms with Crippen LogP contribution < -0.4 is 9.64 Å². The minimum Gasteiger partial charge on any atom is -0.405 e. The number of rotatable bonds is 3. The number of hydrogen-bond acceptors (Lipinski definition) is 5. The first-order chi connectivity index (χ1) is 13.7. The number of amides is 1. The van der Waals surface area contributed by atoms with Gasteiger partial charge in [0.2, 0.25) is 5.95 Å². The molecule has 1 aromatic carbocycles. The molecular weight excluding hydrogens is 385 g/mol. The van der Waals surface area contributed by atoms with Crippen molar-refractivity contribution in [1.29, 1.82) is 0 Å². The van der Waals surface area contributed by atoms with E-state index in [-0.39, 0.29) is 17.5 Å². The summed E-state index contributed by atoms with van der Waals surface area (Å²) in [7, 11) is 0. The predicted octanol–water partition coefficient (Wildman–Crippen LogP) is 3.34. The Hall–Kier alpha value is -2.84. The fourth-order valence-electron chi connectivity index (χ4n) is 4.23. The molecule has 154 valence electrons. The Morgan fingerprint density at radius 2 is 1.79 bits per heavy atom. The second kappa shape index (κ2) is 7.20. The summed E-state index contributed by atoms with van der Waals surface area (Å²) in [4.78, 5) is 25.8. The second-order valence-electron chi connectivity index (χ2n) is 7.61. The summed E-state index contributed by atoms with van der Waals surface area (Å²) in [6.45, 7) is 5.43. The molecule has 2 fully saturated rings. The number of piperidine rings is 1. The molecule has 0 aliphatic carbocycles. The van der Waals surface area contributed by atoms with Crippen molar-refractivity contribution in [3.63, 3.8) is 0 Å². The lowest BCUT2D eigenvalue weighted by Gasteiger charge is -2.33. The first kappa shape index (κ1) is 19.5. The average molecular weight is 406 g/mol. The molecule has 1 amide bonds. The number of fused-ring (bicyclic) bond motifs is 2. The molecule has 3 heterocycles. The molecule has 2 unspecified atom stereocenters. The van der Waals surface area contributed by atoms with Crippen LogP contribution in [0.1, 0.15) is 28.2 Å². The van der Waals surface area contributed by atoms with Gasteiger partial charge in [-0.25, -0.2) is 9.97 Å². The number of para-hydroxylation sites is 1. The molecule has 2 aromatic rings. The van der Waals surface area contributed by atoms with Crippen LogP contribution in [-0.4, -0.2) is 52.8 Å². The molecule has 2 aliphatic heterocycles. The van der Waals surface area contributed by atoms with Crippen molar-refractivity contribution in [3.8, 4) is 5.75 Å². The van der Waals surface area contributed by atoms with Gasteiger partial charge >= 0.3 is 6.36 Å². The third-order valence-electron chi connectivity index (χ3n) is 5.27. The molecule has 2 bridgehead atoms. The molecule has 1 aromatic heterocycles. The number of aryl methyl sites for hydroxylation is 2. The van der Waals surface area contributed by atoms with Crippen molar-refractivity contribution >= 4 is 11.9 Å². The fourth-order valence-corrected chi connectivity index (χ4v) is 4.23. The summed E-state index contributed by atoms with van der Waals surface area (Å²) in [6, 6.07) is 7.41. The van der Waals surface area contributed by atoms with Gasteiger partial charge in [0.05, 0.1) is 5.56 Å². The highest BCUT2D eigenvalue weighted by Gasteiger charge is 2.42. The van der Waals surface area contributed by atoms with Crippen molar-refractivity contribution < 1.29 is 22.7 Å². The zero-order valence-corrected chi connectivity index (χ0v) is 16.1. The standard InChI is InChI=1S/C20H21F3N4O2/c1-12-7-13(2)25-19(24-12)27-10-14-8-15(27)11-26(9-14)18(28)16-5-3-4-6-17(16)29-20(21,22)23/h3-7,14-15H,8-11H2,1-2H3. The summed E-state index contributed by atoms with van der Waals surface area (Å²) in [5.41, 5.74) is 1.67. The monoisotopic (exact) mass is 406 g/mol. The first-order valence-corrected chi connectivity index (χ1v) is 9.42. The number of likely N-dealkylation sites (tertiary alicyclic amines) is 1. The van der Waals surface area contributed by atoms with Gasteiger partial charge in [-0.15, -0.1) is 13.2 Å². The van der Waals surface area contributed by atoms with Gasteiger partial charge in [0.1, 0.15) is 5.75 Å². The van der Waals surface area contributed by atoms with Gasteiger partial charge in [0.25, 0.3) is 5.91 Å². The zero-order valence-electron chi connectivity index (χ0n) is 16.1. The summed E-state index contributed by atoms with van der Waals surface area (Å²) in [6.07, 6.45) is -3.95. The molecule has 0 saturated carbocycles. The van der Waals surface area contributed by atoms with E-state index in [0.29, 0.717) is 19.0 Å². The second-order valence-corrected chi connectivity index (χ2v) is 7.61. The van der Waals surface area contributed by atoms with Gasteiger partial charge in [-0.3, -0.25) is 4.79 Å². The topological polar surface area (TPSA) is 58.6 Å². The summed E-state index contributed by atoms with van der Waals surface area (Å²) >= 11 is 0. The van der Waals surface area contributed by atoms with Crippen LogP contribution in [0.3, 0.4) is 0 Å². The number of benzene rings is 1. The minimum atomic E-state index is -4.85. The third kappa shape index (κ3) is 4.13. The van der Waals surface area contributed by atoms with Crippen LogP contribution in [0.25, 0.3) is 0 Å². The van der Waals surface area contributed by atoms with E-state index in [2.05, 4.69) is 19.6 Å². The van der Waals surface area contributed by atoms with Crippen LogP contribution in [0.2, 0.25) is 0 Å². The van der Waals surface area contributed by atoms with Gasteiger partial charge in [-0.05, 0) is 44.4 Å². The Morgan fingerprint density at radius 3 is 2.48 bits per heavy atom. The van der Waals surface area contributed by atoms with E-state index in [4.69, 9.17) is 0 Å². The van der Waals surface area contributed by atoms with E-state index in [0.717, 1.165) is 30.4 Å². The Labute approximate surface area is 166 Å². The fraction of sp³-hybridized carbons (Fsp3) is 0.450. The number of nitrogens with zero attached hydrogens (tertiary/aromatic N) is 4. The smallest absolute Gasteiger partial charge is 0.405 e. The Kier molecular flexibility index (Phi) is 4.84. The molecule has 6 nitrogen and oxygen atoms in total. The number of aromatic nitrogens is 2. The van der Waals surface area contributed by atoms with E-state index < -0.39 is 18.0 Å². The largest absolute Gasteiger partial charge is 0.573 e. The third-order valence-corrected chi connectivity index (χ3v) is 5.27. The number of carbonyl (C=O) groups excluding carboxylic acids is 1. The highest BCUT2D eigenvalue weighted by Crippen LogP contribution is 2.34. The first-order valence-electron chi connectivity index (χ1n) is 9.42. The molecule has 0 spiro atoms. The van der Waals surface area contributed by atoms with Crippen LogP contribution in [0.4, 0.5) is 19.1 Å². The van der Waals surface area contributed by atoms with Crippen molar-refractivity contribution in [1.82, 2.24) is 14.9 Å². The number of hydrogen-bond donors (Lipinski definition) is 0. The van der Waals surface area contributed by atoms with Crippen molar-refractivity contribution in [2.45, 2.75) is 32.7 Å². The van der Waals surface area contributed by atoms with E-state index in [9.17, 15) is 18.0 Å². The maximum atomic E-state index is 13.0. The molecule has 4 rings (SSSR count). The van der Waals surface area contributed by atoms with Gasteiger partial charge in [-0.1, -0.05) is 12.1 Å². The summed E-state index contributed by atoms with van der Waals surface area (Å²) in [5.74, 6) is -0.0666. The molecule has 0 N–H and O–H groups in total. The molecule has 0 radical (unpaired) electrons. The lowest BCUT2D eigenvalue weighted by Crippen LogP contribution is -2.45. The van der Waals surface area contributed by atoms with Crippen molar-refractivity contribution in [2.75, 3.05) is 24.5 Å². The Morgan fingerprint density at radius 1 is 1.10 bits per heavy atom. The van der Waals surface area contributed by atoms with Crippen LogP contribution in [0.5, 0.6) is 5.75 Å². The quantitative estimate of drug-likeness (QED) is 0.783. The lowest BCUT2D eigenvalue weighted by molar-refractivity contribution is -0.274.